The van der Waals surface area contributed by atoms with Crippen molar-refractivity contribution in [2.45, 2.75) is 44.4 Å². The van der Waals surface area contributed by atoms with Gasteiger partial charge in [0.05, 0.1) is 5.69 Å². The van der Waals surface area contributed by atoms with Gasteiger partial charge in [0.15, 0.2) is 5.82 Å². The lowest BCUT2D eigenvalue weighted by Gasteiger charge is -2.15. The Bertz CT molecular complexity index is 593. The fourth-order valence-corrected chi connectivity index (χ4v) is 3.18. The van der Waals surface area contributed by atoms with Gasteiger partial charge in [-0.25, -0.2) is 9.50 Å². The standard InChI is InChI=1S/C15H21ClN4/c1-10(2)13-8-14-15(17-6-7-20(14)19-13)18-9-11-4-3-5-12(11)16/h6-8,10-12H,3-5,9H2,1-2H3,(H,17,18). The van der Waals surface area contributed by atoms with E-state index in [2.05, 4.69) is 35.3 Å². The third-order valence-electron chi connectivity index (χ3n) is 4.10. The summed E-state index contributed by atoms with van der Waals surface area (Å²) < 4.78 is 1.90. The number of fused-ring (bicyclic) bond motifs is 1. The van der Waals surface area contributed by atoms with Crippen LogP contribution in [0.15, 0.2) is 18.5 Å². The Morgan fingerprint density at radius 3 is 3.00 bits per heavy atom. The number of alkyl halides is 1. The predicted octanol–water partition coefficient (Wildman–Crippen LogP) is 3.67. The number of hydrogen-bond acceptors (Lipinski definition) is 3. The molecule has 4 nitrogen and oxygen atoms in total. The van der Waals surface area contributed by atoms with E-state index >= 15 is 0 Å². The van der Waals surface area contributed by atoms with Crippen LogP contribution >= 0.6 is 11.6 Å². The monoisotopic (exact) mass is 292 g/mol. The van der Waals surface area contributed by atoms with E-state index < -0.39 is 0 Å². The van der Waals surface area contributed by atoms with Crippen molar-refractivity contribution in [3.63, 3.8) is 0 Å². The molecule has 2 unspecified atom stereocenters. The summed E-state index contributed by atoms with van der Waals surface area (Å²) in [5.74, 6) is 1.87. The number of halogens is 1. The molecule has 0 spiro atoms. The van der Waals surface area contributed by atoms with Crippen LogP contribution in [0.1, 0.15) is 44.7 Å². The summed E-state index contributed by atoms with van der Waals surface area (Å²) in [6, 6.07) is 2.12. The number of anilines is 1. The first-order valence-corrected chi connectivity index (χ1v) is 7.81. The summed E-state index contributed by atoms with van der Waals surface area (Å²) in [5, 5.41) is 8.34. The molecule has 2 heterocycles. The van der Waals surface area contributed by atoms with Gasteiger partial charge in [0.1, 0.15) is 5.52 Å². The topological polar surface area (TPSA) is 42.2 Å². The molecular formula is C15H21ClN4. The van der Waals surface area contributed by atoms with Crippen LogP contribution < -0.4 is 5.32 Å². The maximum absolute atomic E-state index is 6.33. The normalized spacial score (nSPS) is 22.8. The molecule has 0 radical (unpaired) electrons. The largest absolute Gasteiger partial charge is 0.368 e. The molecule has 2 aromatic heterocycles. The van der Waals surface area contributed by atoms with E-state index in [-0.39, 0.29) is 0 Å². The van der Waals surface area contributed by atoms with Crippen LogP contribution in [-0.4, -0.2) is 26.5 Å². The highest BCUT2D eigenvalue weighted by Crippen LogP contribution is 2.30. The Balaban J connectivity index is 1.80. The van der Waals surface area contributed by atoms with Gasteiger partial charge >= 0.3 is 0 Å². The zero-order valence-electron chi connectivity index (χ0n) is 12.0. The van der Waals surface area contributed by atoms with Crippen molar-refractivity contribution >= 4 is 22.9 Å². The fourth-order valence-electron chi connectivity index (χ4n) is 2.81. The summed E-state index contributed by atoms with van der Waals surface area (Å²) >= 11 is 6.33. The summed E-state index contributed by atoms with van der Waals surface area (Å²) in [7, 11) is 0. The lowest BCUT2D eigenvalue weighted by atomic mass is 10.1. The third-order valence-corrected chi connectivity index (χ3v) is 4.67. The summed E-state index contributed by atoms with van der Waals surface area (Å²) in [4.78, 5) is 4.45. The number of aromatic nitrogens is 3. The van der Waals surface area contributed by atoms with Gasteiger partial charge in [-0.15, -0.1) is 11.6 Å². The van der Waals surface area contributed by atoms with E-state index in [9.17, 15) is 0 Å². The molecule has 1 N–H and O–H groups in total. The second-order valence-corrected chi connectivity index (χ2v) is 6.48. The number of rotatable bonds is 4. The molecule has 0 aromatic carbocycles. The first-order valence-electron chi connectivity index (χ1n) is 7.37. The molecule has 0 aliphatic heterocycles. The number of nitrogens with one attached hydrogen (secondary N) is 1. The van der Waals surface area contributed by atoms with Gasteiger partial charge < -0.3 is 5.32 Å². The maximum atomic E-state index is 6.33. The second-order valence-electron chi connectivity index (χ2n) is 5.92. The smallest absolute Gasteiger partial charge is 0.152 e. The zero-order valence-corrected chi connectivity index (χ0v) is 12.8. The number of hydrogen-bond donors (Lipinski definition) is 1. The molecule has 1 aliphatic carbocycles. The lowest BCUT2D eigenvalue weighted by Crippen LogP contribution is -2.19. The minimum absolute atomic E-state index is 0.304. The number of nitrogens with zero attached hydrogens (tertiary/aromatic N) is 3. The Morgan fingerprint density at radius 2 is 2.30 bits per heavy atom. The van der Waals surface area contributed by atoms with Gasteiger partial charge in [0.25, 0.3) is 0 Å². The molecule has 0 bridgehead atoms. The molecular weight excluding hydrogens is 272 g/mol. The van der Waals surface area contributed by atoms with E-state index in [1.54, 1.807) is 6.20 Å². The fraction of sp³-hybridized carbons (Fsp3) is 0.600. The predicted molar refractivity (Wildman–Crippen MR) is 82.5 cm³/mol. The highest BCUT2D eigenvalue weighted by atomic mass is 35.5. The van der Waals surface area contributed by atoms with E-state index in [4.69, 9.17) is 11.6 Å². The van der Waals surface area contributed by atoms with Crippen LogP contribution in [0.5, 0.6) is 0 Å². The molecule has 1 saturated carbocycles. The van der Waals surface area contributed by atoms with E-state index in [1.807, 2.05) is 10.7 Å². The van der Waals surface area contributed by atoms with Crippen molar-refractivity contribution in [1.82, 2.24) is 14.6 Å². The molecule has 1 fully saturated rings. The van der Waals surface area contributed by atoms with Crippen molar-refractivity contribution in [2.75, 3.05) is 11.9 Å². The quantitative estimate of drug-likeness (QED) is 0.874. The first kappa shape index (κ1) is 13.7. The first-order chi connectivity index (χ1) is 9.65. The van der Waals surface area contributed by atoms with Gasteiger partial charge in [0, 0.05) is 24.3 Å². The van der Waals surface area contributed by atoms with Gasteiger partial charge in [-0.1, -0.05) is 20.3 Å². The van der Waals surface area contributed by atoms with Crippen LogP contribution in [-0.2, 0) is 0 Å². The minimum Gasteiger partial charge on any atom is -0.368 e. The average Bonchev–Trinajstić information content (AvgIpc) is 3.02. The Kier molecular flexibility index (Phi) is 3.83. The lowest BCUT2D eigenvalue weighted by molar-refractivity contribution is 0.585. The summed E-state index contributed by atoms with van der Waals surface area (Å²) in [6.45, 7) is 5.20. The maximum Gasteiger partial charge on any atom is 0.152 e. The Hall–Kier alpha value is -1.29. The van der Waals surface area contributed by atoms with Crippen LogP contribution in [0.3, 0.4) is 0 Å². The molecule has 2 aromatic rings. The van der Waals surface area contributed by atoms with Crippen molar-refractivity contribution in [3.05, 3.63) is 24.2 Å². The minimum atomic E-state index is 0.304. The molecule has 1 aliphatic rings. The Morgan fingerprint density at radius 1 is 1.45 bits per heavy atom. The van der Waals surface area contributed by atoms with Crippen molar-refractivity contribution < 1.29 is 0 Å². The van der Waals surface area contributed by atoms with Crippen LogP contribution in [0.4, 0.5) is 5.82 Å². The van der Waals surface area contributed by atoms with Gasteiger partial charge in [0.2, 0.25) is 0 Å². The summed E-state index contributed by atoms with van der Waals surface area (Å²) in [6.07, 6.45) is 7.27. The third kappa shape index (κ3) is 2.62. The molecule has 3 rings (SSSR count). The molecule has 5 heteroatoms. The van der Waals surface area contributed by atoms with Gasteiger partial charge in [-0.05, 0) is 30.7 Å². The molecule has 108 valence electrons. The van der Waals surface area contributed by atoms with Crippen molar-refractivity contribution in [2.24, 2.45) is 5.92 Å². The van der Waals surface area contributed by atoms with Crippen LogP contribution in [0.25, 0.3) is 5.52 Å². The van der Waals surface area contributed by atoms with Gasteiger partial charge in [-0.2, -0.15) is 5.10 Å². The van der Waals surface area contributed by atoms with Gasteiger partial charge in [-0.3, -0.25) is 0 Å². The second kappa shape index (κ2) is 5.60. The van der Waals surface area contributed by atoms with E-state index in [0.29, 0.717) is 17.2 Å². The highest BCUT2D eigenvalue weighted by molar-refractivity contribution is 6.21. The van der Waals surface area contributed by atoms with Crippen molar-refractivity contribution in [3.8, 4) is 0 Å². The molecule has 2 atom stereocenters. The van der Waals surface area contributed by atoms with Crippen LogP contribution in [0.2, 0.25) is 0 Å². The summed E-state index contributed by atoms with van der Waals surface area (Å²) in [5.41, 5.74) is 2.14. The van der Waals surface area contributed by atoms with E-state index in [1.165, 1.54) is 12.8 Å². The highest BCUT2D eigenvalue weighted by Gasteiger charge is 2.25. The molecule has 0 saturated heterocycles. The van der Waals surface area contributed by atoms with Crippen LogP contribution in [0, 0.1) is 5.92 Å². The average molecular weight is 293 g/mol. The molecule has 20 heavy (non-hydrogen) atoms. The zero-order chi connectivity index (χ0) is 14.1. The molecule has 0 amide bonds. The van der Waals surface area contributed by atoms with E-state index in [0.717, 1.165) is 30.0 Å². The Labute approximate surface area is 124 Å². The van der Waals surface area contributed by atoms with Crippen molar-refractivity contribution in [1.29, 1.82) is 0 Å². The SMILES string of the molecule is CC(C)c1cc2c(NCC3CCCC3Cl)nccn2n1.